The van der Waals surface area contributed by atoms with Gasteiger partial charge in [0.25, 0.3) is 5.56 Å². The molecule has 0 spiro atoms. The van der Waals surface area contributed by atoms with Crippen LogP contribution in [-0.4, -0.2) is 17.0 Å². The van der Waals surface area contributed by atoms with Crippen molar-refractivity contribution in [3.05, 3.63) is 49.4 Å². The lowest BCUT2D eigenvalue weighted by Crippen LogP contribution is -2.30. The summed E-state index contributed by atoms with van der Waals surface area (Å²) in [6.45, 7) is 8.12. The van der Waals surface area contributed by atoms with E-state index in [1.807, 2.05) is 58.0 Å². The summed E-state index contributed by atoms with van der Waals surface area (Å²) < 4.78 is 8.26. The third-order valence-electron chi connectivity index (χ3n) is 3.52. The van der Waals surface area contributed by atoms with Crippen molar-refractivity contribution in [2.75, 3.05) is 6.61 Å². The third-order valence-corrected chi connectivity index (χ3v) is 4.63. The van der Waals surface area contributed by atoms with Gasteiger partial charge >= 0.3 is 0 Å². The first-order valence-electron chi connectivity index (χ1n) is 7.89. The number of aromatic nitrogens is 1. The number of benzene rings is 1. The summed E-state index contributed by atoms with van der Waals surface area (Å²) in [5, 5.41) is 0. The highest BCUT2D eigenvalue weighted by Gasteiger charge is 2.19. The minimum Gasteiger partial charge on any atom is -0.494 e. The smallest absolute Gasteiger partial charge is 0.268 e. The molecule has 128 valence electrons. The number of hydrogen-bond acceptors (Lipinski definition) is 4. The quantitative estimate of drug-likeness (QED) is 0.852. The van der Waals surface area contributed by atoms with Gasteiger partial charge in [0.15, 0.2) is 5.78 Å². The second-order valence-corrected chi connectivity index (χ2v) is 7.64. The molecule has 0 saturated carbocycles. The maximum atomic E-state index is 12.4. The number of Topliss-reactive ketones (excluding diaryl/α,β-unsaturated/α-hetero) is 1. The molecule has 0 atom stereocenters. The van der Waals surface area contributed by atoms with Crippen molar-refractivity contribution in [3.63, 3.8) is 0 Å². The lowest BCUT2D eigenvalue weighted by atomic mass is 9.91. The summed E-state index contributed by atoms with van der Waals surface area (Å²) in [6, 6.07) is 7.59. The van der Waals surface area contributed by atoms with Crippen LogP contribution in [0.4, 0.5) is 0 Å². The second-order valence-electron chi connectivity index (χ2n) is 6.58. The first kappa shape index (κ1) is 18.2. The van der Waals surface area contributed by atoms with Gasteiger partial charge in [-0.3, -0.25) is 9.59 Å². The van der Waals surface area contributed by atoms with E-state index in [1.54, 1.807) is 13.1 Å². The molecule has 0 fully saturated rings. The van der Waals surface area contributed by atoms with Gasteiger partial charge in [0.05, 0.1) is 11.1 Å². The lowest BCUT2D eigenvalue weighted by Gasteiger charge is -2.12. The van der Waals surface area contributed by atoms with E-state index in [4.69, 9.17) is 4.74 Å². The predicted octanol–water partition coefficient (Wildman–Crippen LogP) is 2.07. The zero-order valence-corrected chi connectivity index (χ0v) is 15.6. The predicted molar refractivity (Wildman–Crippen MR) is 98.9 cm³/mol. The van der Waals surface area contributed by atoms with Gasteiger partial charge in [-0.25, -0.2) is 0 Å². The minimum atomic E-state index is -0.463. The molecule has 24 heavy (non-hydrogen) atoms. The Kier molecular flexibility index (Phi) is 5.44. The molecule has 1 aromatic heterocycles. The molecule has 0 radical (unpaired) electrons. The van der Waals surface area contributed by atoms with E-state index in [2.05, 4.69) is 0 Å². The van der Waals surface area contributed by atoms with Gasteiger partial charge in [0.1, 0.15) is 10.4 Å². The monoisotopic (exact) mass is 345 g/mol. The zero-order chi connectivity index (χ0) is 17.9. The summed E-state index contributed by atoms with van der Waals surface area (Å²) in [5.74, 6) is 0.776. The zero-order valence-electron chi connectivity index (χ0n) is 14.8. The normalized spacial score (nSPS) is 13.4. The summed E-state index contributed by atoms with van der Waals surface area (Å²) >= 11 is 1.32. The van der Waals surface area contributed by atoms with Crippen LogP contribution >= 0.6 is 11.3 Å². The van der Waals surface area contributed by atoms with Crippen molar-refractivity contribution in [2.24, 2.45) is 12.5 Å². The minimum absolute atomic E-state index is 0.00393. The molecule has 2 rings (SSSR count). The van der Waals surface area contributed by atoms with E-state index in [0.717, 1.165) is 11.3 Å². The molecule has 0 unspecified atom stereocenters. The Labute approximate surface area is 145 Å². The van der Waals surface area contributed by atoms with Crippen LogP contribution < -0.4 is 19.5 Å². The van der Waals surface area contributed by atoms with Crippen molar-refractivity contribution in [3.8, 4) is 5.75 Å². The average Bonchev–Trinajstić information content (AvgIpc) is 2.75. The van der Waals surface area contributed by atoms with Gasteiger partial charge in [0.2, 0.25) is 0 Å². The van der Waals surface area contributed by atoms with Crippen LogP contribution in [-0.2, 0) is 11.8 Å². The summed E-state index contributed by atoms with van der Waals surface area (Å²) in [5.41, 5.74) is 0.332. The van der Waals surface area contributed by atoms with Crippen LogP contribution in [0.15, 0.2) is 29.1 Å². The van der Waals surface area contributed by atoms with Gasteiger partial charge in [0, 0.05) is 18.5 Å². The number of rotatable bonds is 4. The molecule has 1 aromatic carbocycles. The molecular weight excluding hydrogens is 322 g/mol. The molecule has 0 bridgehead atoms. The number of thiazole rings is 1. The number of hydrogen-bond donors (Lipinski definition) is 0. The van der Waals surface area contributed by atoms with Crippen molar-refractivity contribution in [1.29, 1.82) is 0 Å². The highest BCUT2D eigenvalue weighted by Crippen LogP contribution is 2.15. The molecule has 1 heterocycles. The fraction of sp³-hybridized carbons (Fsp3) is 0.368. The Hall–Kier alpha value is -2.14. The van der Waals surface area contributed by atoms with Gasteiger partial charge in [-0.2, -0.15) is 0 Å². The topological polar surface area (TPSA) is 48.3 Å². The molecular formula is C19H23NO3S. The molecule has 0 aliphatic rings. The van der Waals surface area contributed by atoms with E-state index in [-0.39, 0.29) is 11.3 Å². The fourth-order valence-electron chi connectivity index (χ4n) is 2.05. The van der Waals surface area contributed by atoms with Crippen LogP contribution in [0, 0.1) is 5.41 Å². The second kappa shape index (κ2) is 7.18. The average molecular weight is 345 g/mol. The van der Waals surface area contributed by atoms with Crippen molar-refractivity contribution >= 4 is 29.3 Å². The maximum Gasteiger partial charge on any atom is 0.268 e. The van der Waals surface area contributed by atoms with Gasteiger partial charge in [-0.1, -0.05) is 32.9 Å². The number of nitrogens with zero attached hydrogens (tertiary/aromatic N) is 1. The first-order chi connectivity index (χ1) is 11.2. The Bertz CT molecular complexity index is 913. The standard InChI is InChI=1S/C19H23NO3S/c1-6-23-14-9-7-8-13(10-14)11-15-18(22)20(5)17(24-15)12-16(21)19(2,3)4/h7-12H,6H2,1-5H3. The van der Waals surface area contributed by atoms with E-state index in [1.165, 1.54) is 15.9 Å². The largest absolute Gasteiger partial charge is 0.494 e. The Morgan fingerprint density at radius 2 is 2.04 bits per heavy atom. The van der Waals surface area contributed by atoms with E-state index < -0.39 is 5.41 Å². The van der Waals surface area contributed by atoms with Crippen LogP contribution in [0.25, 0.3) is 12.2 Å². The number of ether oxygens (including phenoxy) is 1. The van der Waals surface area contributed by atoms with Gasteiger partial charge in [-0.05, 0) is 30.7 Å². The van der Waals surface area contributed by atoms with Gasteiger partial charge < -0.3 is 9.30 Å². The molecule has 0 saturated heterocycles. The highest BCUT2D eigenvalue weighted by atomic mass is 32.1. The Balaban J connectivity index is 2.52. The molecule has 4 nitrogen and oxygen atoms in total. The number of ketones is 1. The number of carbonyl (C=O) groups is 1. The highest BCUT2D eigenvalue weighted by molar-refractivity contribution is 7.07. The molecule has 0 aliphatic heterocycles. The third kappa shape index (κ3) is 4.23. The Morgan fingerprint density at radius 3 is 2.67 bits per heavy atom. The molecule has 0 N–H and O–H groups in total. The van der Waals surface area contributed by atoms with E-state index in [0.29, 0.717) is 15.8 Å². The van der Waals surface area contributed by atoms with E-state index in [9.17, 15) is 9.59 Å². The van der Waals surface area contributed by atoms with Crippen molar-refractivity contribution < 1.29 is 9.53 Å². The lowest BCUT2D eigenvalue weighted by molar-refractivity contribution is -0.120. The molecule has 0 amide bonds. The van der Waals surface area contributed by atoms with E-state index >= 15 is 0 Å². The van der Waals surface area contributed by atoms with Crippen LogP contribution in [0.3, 0.4) is 0 Å². The van der Waals surface area contributed by atoms with Crippen molar-refractivity contribution in [2.45, 2.75) is 27.7 Å². The summed E-state index contributed by atoms with van der Waals surface area (Å²) in [4.78, 5) is 24.6. The van der Waals surface area contributed by atoms with Crippen LogP contribution in [0.2, 0.25) is 0 Å². The molecule has 5 heteroatoms. The maximum absolute atomic E-state index is 12.4. The fourth-order valence-corrected chi connectivity index (χ4v) is 3.08. The van der Waals surface area contributed by atoms with Crippen LogP contribution in [0.5, 0.6) is 5.75 Å². The summed E-state index contributed by atoms with van der Waals surface area (Å²) in [6.07, 6.45) is 3.38. The molecule has 0 aliphatic carbocycles. The first-order valence-corrected chi connectivity index (χ1v) is 8.70. The molecule has 2 aromatic rings. The Morgan fingerprint density at radius 1 is 1.33 bits per heavy atom. The van der Waals surface area contributed by atoms with Gasteiger partial charge in [-0.15, -0.1) is 11.3 Å². The summed E-state index contributed by atoms with van der Waals surface area (Å²) in [7, 11) is 1.69. The SMILES string of the molecule is CCOc1cccc(C=c2sc(=CC(=O)C(C)(C)C)n(C)c2=O)c1. The number of carbonyl (C=O) groups excluding carboxylic acids is 1. The van der Waals surface area contributed by atoms with Crippen molar-refractivity contribution in [1.82, 2.24) is 4.57 Å². The van der Waals surface area contributed by atoms with Crippen LogP contribution in [0.1, 0.15) is 33.3 Å².